The van der Waals surface area contributed by atoms with Crippen LogP contribution in [-0.2, 0) is 6.54 Å². The molecule has 0 radical (unpaired) electrons. The SMILES string of the molecule is Cc1ccc(NC(=O)c2ccc(NCc3cccnc3)cn2)c(C)c1. The normalized spacial score (nSPS) is 10.3. The summed E-state index contributed by atoms with van der Waals surface area (Å²) in [7, 11) is 0. The molecule has 3 aromatic rings. The van der Waals surface area contributed by atoms with Crippen LogP contribution in [0.1, 0.15) is 27.2 Å². The molecular weight excluding hydrogens is 312 g/mol. The number of hydrogen-bond acceptors (Lipinski definition) is 4. The van der Waals surface area contributed by atoms with Gasteiger partial charge in [0.1, 0.15) is 5.69 Å². The number of pyridine rings is 2. The van der Waals surface area contributed by atoms with E-state index < -0.39 is 0 Å². The highest BCUT2D eigenvalue weighted by atomic mass is 16.1. The summed E-state index contributed by atoms with van der Waals surface area (Å²) < 4.78 is 0. The van der Waals surface area contributed by atoms with Crippen molar-refractivity contribution < 1.29 is 4.79 Å². The molecule has 0 aliphatic rings. The van der Waals surface area contributed by atoms with Crippen molar-refractivity contribution in [2.75, 3.05) is 10.6 Å². The number of rotatable bonds is 5. The number of benzene rings is 1. The van der Waals surface area contributed by atoms with Crippen LogP contribution in [0.15, 0.2) is 61.1 Å². The fourth-order valence-corrected chi connectivity index (χ4v) is 2.48. The smallest absolute Gasteiger partial charge is 0.274 e. The van der Waals surface area contributed by atoms with Crippen molar-refractivity contribution in [3.8, 4) is 0 Å². The van der Waals surface area contributed by atoms with E-state index in [1.54, 1.807) is 18.5 Å². The molecule has 5 nitrogen and oxygen atoms in total. The molecule has 5 heteroatoms. The predicted octanol–water partition coefficient (Wildman–Crippen LogP) is 3.96. The van der Waals surface area contributed by atoms with E-state index in [2.05, 4.69) is 20.6 Å². The molecule has 0 fully saturated rings. The highest BCUT2D eigenvalue weighted by molar-refractivity contribution is 6.03. The van der Waals surface area contributed by atoms with Crippen LogP contribution >= 0.6 is 0 Å². The van der Waals surface area contributed by atoms with Gasteiger partial charge in [0, 0.05) is 24.6 Å². The zero-order valence-corrected chi connectivity index (χ0v) is 14.3. The lowest BCUT2D eigenvalue weighted by atomic mass is 10.1. The maximum absolute atomic E-state index is 12.3. The van der Waals surface area contributed by atoms with Crippen LogP contribution in [0.3, 0.4) is 0 Å². The van der Waals surface area contributed by atoms with Gasteiger partial charge in [0.25, 0.3) is 5.91 Å². The monoisotopic (exact) mass is 332 g/mol. The van der Waals surface area contributed by atoms with Gasteiger partial charge in [-0.25, -0.2) is 4.98 Å². The summed E-state index contributed by atoms with van der Waals surface area (Å²) in [5, 5.41) is 6.16. The van der Waals surface area contributed by atoms with Gasteiger partial charge in [-0.05, 0) is 49.2 Å². The number of aromatic nitrogens is 2. The topological polar surface area (TPSA) is 66.9 Å². The largest absolute Gasteiger partial charge is 0.380 e. The molecule has 25 heavy (non-hydrogen) atoms. The van der Waals surface area contributed by atoms with Crippen LogP contribution < -0.4 is 10.6 Å². The fourth-order valence-electron chi connectivity index (χ4n) is 2.48. The van der Waals surface area contributed by atoms with Gasteiger partial charge in [0.15, 0.2) is 0 Å². The van der Waals surface area contributed by atoms with Crippen LogP contribution in [0.2, 0.25) is 0 Å². The Bertz CT molecular complexity index is 861. The Morgan fingerprint density at radius 1 is 1.08 bits per heavy atom. The van der Waals surface area contributed by atoms with Crippen LogP contribution in [0.25, 0.3) is 0 Å². The van der Waals surface area contributed by atoms with Crippen LogP contribution in [0, 0.1) is 13.8 Å². The van der Waals surface area contributed by atoms with Gasteiger partial charge in [-0.2, -0.15) is 0 Å². The lowest BCUT2D eigenvalue weighted by Gasteiger charge is -2.10. The lowest BCUT2D eigenvalue weighted by Crippen LogP contribution is -2.14. The Hall–Kier alpha value is -3.21. The van der Waals surface area contributed by atoms with Gasteiger partial charge in [0.05, 0.1) is 11.9 Å². The number of carbonyl (C=O) groups is 1. The average molecular weight is 332 g/mol. The molecule has 126 valence electrons. The third-order valence-corrected chi connectivity index (χ3v) is 3.85. The Labute approximate surface area is 147 Å². The molecule has 0 unspecified atom stereocenters. The first kappa shape index (κ1) is 16.6. The molecule has 2 N–H and O–H groups in total. The van der Waals surface area contributed by atoms with Crippen molar-refractivity contribution >= 4 is 17.3 Å². The summed E-state index contributed by atoms with van der Waals surface area (Å²) in [6.45, 7) is 4.66. The van der Waals surface area contributed by atoms with Crippen LogP contribution in [0.5, 0.6) is 0 Å². The van der Waals surface area contributed by atoms with E-state index in [9.17, 15) is 4.79 Å². The Balaban J connectivity index is 1.62. The van der Waals surface area contributed by atoms with Gasteiger partial charge >= 0.3 is 0 Å². The third kappa shape index (κ3) is 4.41. The summed E-state index contributed by atoms with van der Waals surface area (Å²) in [4.78, 5) is 20.7. The second-order valence-electron chi connectivity index (χ2n) is 5.92. The minimum atomic E-state index is -0.217. The zero-order valence-electron chi connectivity index (χ0n) is 14.3. The summed E-state index contributed by atoms with van der Waals surface area (Å²) in [5.74, 6) is -0.217. The van der Waals surface area contributed by atoms with Crippen molar-refractivity contribution in [3.63, 3.8) is 0 Å². The molecule has 3 rings (SSSR count). The maximum Gasteiger partial charge on any atom is 0.274 e. The second-order valence-corrected chi connectivity index (χ2v) is 5.92. The number of nitrogens with zero attached hydrogens (tertiary/aromatic N) is 2. The molecule has 2 heterocycles. The molecule has 0 saturated carbocycles. The minimum absolute atomic E-state index is 0.217. The van der Waals surface area contributed by atoms with Crippen molar-refractivity contribution in [1.82, 2.24) is 9.97 Å². The van der Waals surface area contributed by atoms with E-state index in [-0.39, 0.29) is 5.91 Å². The number of hydrogen-bond donors (Lipinski definition) is 2. The zero-order chi connectivity index (χ0) is 17.6. The van der Waals surface area contributed by atoms with Gasteiger partial charge in [0.2, 0.25) is 0 Å². The highest BCUT2D eigenvalue weighted by Crippen LogP contribution is 2.17. The lowest BCUT2D eigenvalue weighted by molar-refractivity contribution is 0.102. The first-order valence-electron chi connectivity index (χ1n) is 8.09. The molecule has 0 aliphatic heterocycles. The van der Waals surface area contributed by atoms with E-state index in [1.807, 2.05) is 56.4 Å². The van der Waals surface area contributed by atoms with Crippen molar-refractivity contribution in [3.05, 3.63) is 83.4 Å². The summed E-state index contributed by atoms with van der Waals surface area (Å²) >= 11 is 0. The molecule has 1 amide bonds. The number of aryl methyl sites for hydroxylation is 2. The average Bonchev–Trinajstić information content (AvgIpc) is 2.63. The van der Waals surface area contributed by atoms with Gasteiger partial charge in [-0.3, -0.25) is 9.78 Å². The van der Waals surface area contributed by atoms with E-state index in [4.69, 9.17) is 0 Å². The Morgan fingerprint density at radius 3 is 2.64 bits per heavy atom. The highest BCUT2D eigenvalue weighted by Gasteiger charge is 2.09. The molecule has 2 aromatic heterocycles. The van der Waals surface area contributed by atoms with E-state index in [0.717, 1.165) is 28.1 Å². The van der Waals surface area contributed by atoms with Crippen molar-refractivity contribution in [2.45, 2.75) is 20.4 Å². The van der Waals surface area contributed by atoms with Gasteiger partial charge in [-0.15, -0.1) is 0 Å². The van der Waals surface area contributed by atoms with E-state index in [1.165, 1.54) is 0 Å². The van der Waals surface area contributed by atoms with E-state index in [0.29, 0.717) is 12.2 Å². The van der Waals surface area contributed by atoms with Crippen LogP contribution in [0.4, 0.5) is 11.4 Å². The molecule has 0 spiro atoms. The van der Waals surface area contributed by atoms with Crippen molar-refractivity contribution in [2.24, 2.45) is 0 Å². The van der Waals surface area contributed by atoms with Gasteiger partial charge < -0.3 is 10.6 Å². The Morgan fingerprint density at radius 2 is 1.96 bits per heavy atom. The minimum Gasteiger partial charge on any atom is -0.380 e. The molecular formula is C20H20N4O. The number of anilines is 2. The standard InChI is InChI=1S/C20H20N4O/c1-14-5-7-18(15(2)10-14)24-20(25)19-8-6-17(13-23-19)22-12-16-4-3-9-21-11-16/h3-11,13,22H,12H2,1-2H3,(H,24,25). The molecule has 0 saturated heterocycles. The fraction of sp³-hybridized carbons (Fsp3) is 0.150. The molecule has 1 aromatic carbocycles. The molecule has 0 bridgehead atoms. The van der Waals surface area contributed by atoms with Crippen molar-refractivity contribution in [1.29, 1.82) is 0 Å². The quantitative estimate of drug-likeness (QED) is 0.742. The number of carbonyl (C=O) groups excluding carboxylic acids is 1. The maximum atomic E-state index is 12.3. The Kier molecular flexibility index (Phi) is 5.04. The van der Waals surface area contributed by atoms with E-state index >= 15 is 0 Å². The number of amides is 1. The molecule has 0 aliphatic carbocycles. The second kappa shape index (κ2) is 7.57. The van der Waals surface area contributed by atoms with Gasteiger partial charge in [-0.1, -0.05) is 23.8 Å². The first-order chi connectivity index (χ1) is 12.1. The van der Waals surface area contributed by atoms with Crippen LogP contribution in [-0.4, -0.2) is 15.9 Å². The molecule has 0 atom stereocenters. The summed E-state index contributed by atoms with van der Waals surface area (Å²) in [6, 6.07) is 13.4. The third-order valence-electron chi connectivity index (χ3n) is 3.85. The summed E-state index contributed by atoms with van der Waals surface area (Å²) in [5.41, 5.74) is 5.31. The first-order valence-corrected chi connectivity index (χ1v) is 8.09. The summed E-state index contributed by atoms with van der Waals surface area (Å²) in [6.07, 6.45) is 5.22. The predicted molar refractivity (Wildman–Crippen MR) is 99.7 cm³/mol. The number of nitrogens with one attached hydrogen (secondary N) is 2.